The zero-order valence-corrected chi connectivity index (χ0v) is 12.1. The zero-order chi connectivity index (χ0) is 15.1. The molecule has 2 amide bonds. The van der Waals surface area contributed by atoms with Gasteiger partial charge >= 0.3 is 11.8 Å². The van der Waals surface area contributed by atoms with Crippen LogP contribution < -0.4 is 10.6 Å². The fourth-order valence-corrected chi connectivity index (χ4v) is 1.69. The first-order chi connectivity index (χ1) is 9.47. The van der Waals surface area contributed by atoms with Gasteiger partial charge in [-0.1, -0.05) is 32.9 Å². The summed E-state index contributed by atoms with van der Waals surface area (Å²) in [6.45, 7) is 5.75. The van der Waals surface area contributed by atoms with Crippen LogP contribution in [-0.4, -0.2) is 29.6 Å². The van der Waals surface area contributed by atoms with E-state index in [1.54, 1.807) is 6.07 Å². The summed E-state index contributed by atoms with van der Waals surface area (Å²) in [5.74, 6) is -1.11. The molecule has 110 valence electrons. The quantitative estimate of drug-likeness (QED) is 0.716. The first-order valence-corrected chi connectivity index (χ1v) is 6.80. The third-order valence-corrected chi connectivity index (χ3v) is 3.07. The number of carbonyl (C=O) groups excluding carboxylic acids is 2. The fraction of sp³-hybridized carbons (Fsp3) is 0.467. The van der Waals surface area contributed by atoms with Gasteiger partial charge in [0.25, 0.3) is 0 Å². The molecule has 5 heteroatoms. The van der Waals surface area contributed by atoms with Gasteiger partial charge in [0.05, 0.1) is 12.6 Å². The number of anilines is 1. The van der Waals surface area contributed by atoms with Crippen LogP contribution >= 0.6 is 0 Å². The van der Waals surface area contributed by atoms with E-state index in [9.17, 15) is 9.59 Å². The fourth-order valence-electron chi connectivity index (χ4n) is 1.69. The maximum atomic E-state index is 11.8. The van der Waals surface area contributed by atoms with Gasteiger partial charge in [-0.05, 0) is 30.0 Å². The number of benzene rings is 1. The summed E-state index contributed by atoms with van der Waals surface area (Å²) in [6, 6.07) is 7.00. The molecule has 1 aromatic carbocycles. The minimum atomic E-state index is -0.735. The molecule has 20 heavy (non-hydrogen) atoms. The third kappa shape index (κ3) is 4.66. The van der Waals surface area contributed by atoms with Crippen LogP contribution in [0.4, 0.5) is 5.69 Å². The van der Waals surface area contributed by atoms with E-state index in [1.807, 2.05) is 25.1 Å². The van der Waals surface area contributed by atoms with Crippen molar-refractivity contribution < 1.29 is 14.7 Å². The Hall–Kier alpha value is -1.88. The van der Waals surface area contributed by atoms with Gasteiger partial charge in [0.1, 0.15) is 0 Å². The van der Waals surface area contributed by atoms with Crippen molar-refractivity contribution in [2.45, 2.75) is 39.2 Å². The summed E-state index contributed by atoms with van der Waals surface area (Å²) in [5.41, 5.74) is 1.68. The Balaban J connectivity index is 2.66. The van der Waals surface area contributed by atoms with Crippen molar-refractivity contribution in [2.75, 3.05) is 11.9 Å². The van der Waals surface area contributed by atoms with Crippen LogP contribution in [-0.2, 0) is 9.59 Å². The summed E-state index contributed by atoms with van der Waals surface area (Å²) in [4.78, 5) is 23.4. The van der Waals surface area contributed by atoms with Gasteiger partial charge in [-0.3, -0.25) is 9.59 Å². The predicted molar refractivity (Wildman–Crippen MR) is 78.5 cm³/mol. The highest BCUT2D eigenvalue weighted by molar-refractivity contribution is 6.39. The minimum absolute atomic E-state index is 0.182. The van der Waals surface area contributed by atoms with Crippen LogP contribution in [0.1, 0.15) is 38.7 Å². The Kier molecular flexibility index (Phi) is 6.18. The van der Waals surface area contributed by atoms with E-state index in [2.05, 4.69) is 24.5 Å². The maximum absolute atomic E-state index is 11.8. The molecule has 0 spiro atoms. The molecular weight excluding hydrogens is 256 g/mol. The van der Waals surface area contributed by atoms with Gasteiger partial charge in [0, 0.05) is 5.69 Å². The lowest BCUT2D eigenvalue weighted by Gasteiger charge is -2.14. The van der Waals surface area contributed by atoms with Gasteiger partial charge in [-0.25, -0.2) is 0 Å². The molecule has 0 aliphatic heterocycles. The van der Waals surface area contributed by atoms with Gasteiger partial charge in [-0.2, -0.15) is 0 Å². The molecule has 0 saturated carbocycles. The highest BCUT2D eigenvalue weighted by Crippen LogP contribution is 2.18. The molecule has 0 saturated heterocycles. The third-order valence-electron chi connectivity index (χ3n) is 3.07. The van der Waals surface area contributed by atoms with E-state index in [4.69, 9.17) is 5.11 Å². The Morgan fingerprint density at radius 3 is 2.50 bits per heavy atom. The zero-order valence-electron chi connectivity index (χ0n) is 12.1. The van der Waals surface area contributed by atoms with Crippen molar-refractivity contribution in [1.82, 2.24) is 5.32 Å². The summed E-state index contributed by atoms with van der Waals surface area (Å²) < 4.78 is 0. The molecule has 1 aromatic rings. The number of nitrogens with one attached hydrogen (secondary N) is 2. The summed E-state index contributed by atoms with van der Waals surface area (Å²) in [6.07, 6.45) is 0.568. The average molecular weight is 278 g/mol. The van der Waals surface area contributed by atoms with Crippen molar-refractivity contribution in [2.24, 2.45) is 0 Å². The Labute approximate surface area is 119 Å². The molecular formula is C15H22N2O3. The topological polar surface area (TPSA) is 78.4 Å². The molecule has 1 atom stereocenters. The number of hydrogen-bond donors (Lipinski definition) is 3. The minimum Gasteiger partial charge on any atom is -0.394 e. The van der Waals surface area contributed by atoms with E-state index >= 15 is 0 Å². The highest BCUT2D eigenvalue weighted by atomic mass is 16.3. The van der Waals surface area contributed by atoms with Crippen molar-refractivity contribution >= 4 is 17.5 Å². The number of carbonyl (C=O) groups is 2. The monoisotopic (exact) mass is 278 g/mol. The molecule has 5 nitrogen and oxygen atoms in total. The lowest BCUT2D eigenvalue weighted by molar-refractivity contribution is -0.136. The molecule has 1 unspecified atom stereocenters. The Bertz CT molecular complexity index is 468. The van der Waals surface area contributed by atoms with E-state index in [0.29, 0.717) is 18.0 Å². The largest absolute Gasteiger partial charge is 0.394 e. The molecule has 0 aromatic heterocycles. The summed E-state index contributed by atoms with van der Waals surface area (Å²) in [5, 5.41) is 14.0. The SMILES string of the molecule is CCC(CO)NC(=O)C(=O)Nc1cccc(C(C)C)c1. The predicted octanol–water partition coefficient (Wildman–Crippen LogP) is 1.64. The molecule has 0 fully saturated rings. The van der Waals surface area contributed by atoms with Crippen LogP contribution in [0, 0.1) is 0 Å². The molecule has 0 aliphatic rings. The molecule has 1 rings (SSSR count). The molecule has 0 bridgehead atoms. The number of aliphatic hydroxyl groups excluding tert-OH is 1. The first-order valence-electron chi connectivity index (χ1n) is 6.80. The standard InChI is InChI=1S/C15H22N2O3/c1-4-12(9-18)16-14(19)15(20)17-13-7-5-6-11(8-13)10(2)3/h5-8,10,12,18H,4,9H2,1-3H3,(H,16,19)(H,17,20). The van der Waals surface area contributed by atoms with E-state index in [1.165, 1.54) is 0 Å². The number of aliphatic hydroxyl groups is 1. The summed E-state index contributed by atoms with van der Waals surface area (Å²) >= 11 is 0. The van der Waals surface area contributed by atoms with Gasteiger partial charge in [-0.15, -0.1) is 0 Å². The van der Waals surface area contributed by atoms with Crippen molar-refractivity contribution in [3.8, 4) is 0 Å². The maximum Gasteiger partial charge on any atom is 0.313 e. The second-order valence-corrected chi connectivity index (χ2v) is 5.00. The average Bonchev–Trinajstić information content (AvgIpc) is 2.44. The van der Waals surface area contributed by atoms with E-state index < -0.39 is 17.9 Å². The Morgan fingerprint density at radius 2 is 1.95 bits per heavy atom. The van der Waals surface area contributed by atoms with Gasteiger partial charge in [0.2, 0.25) is 0 Å². The second-order valence-electron chi connectivity index (χ2n) is 5.00. The van der Waals surface area contributed by atoms with Crippen LogP contribution in [0.3, 0.4) is 0 Å². The van der Waals surface area contributed by atoms with Crippen LogP contribution in [0.2, 0.25) is 0 Å². The van der Waals surface area contributed by atoms with Crippen LogP contribution in [0.25, 0.3) is 0 Å². The van der Waals surface area contributed by atoms with Crippen molar-refractivity contribution in [3.63, 3.8) is 0 Å². The van der Waals surface area contributed by atoms with Crippen molar-refractivity contribution in [3.05, 3.63) is 29.8 Å². The highest BCUT2D eigenvalue weighted by Gasteiger charge is 2.17. The summed E-state index contributed by atoms with van der Waals surface area (Å²) in [7, 11) is 0. The van der Waals surface area contributed by atoms with E-state index in [0.717, 1.165) is 5.56 Å². The normalized spacial score (nSPS) is 12.1. The van der Waals surface area contributed by atoms with Crippen LogP contribution in [0.5, 0.6) is 0 Å². The lowest BCUT2D eigenvalue weighted by atomic mass is 10.0. The van der Waals surface area contributed by atoms with Crippen LogP contribution in [0.15, 0.2) is 24.3 Å². The van der Waals surface area contributed by atoms with Gasteiger partial charge in [0.15, 0.2) is 0 Å². The Morgan fingerprint density at radius 1 is 1.25 bits per heavy atom. The number of rotatable bonds is 5. The molecule has 0 radical (unpaired) electrons. The molecule has 0 heterocycles. The number of hydrogen-bond acceptors (Lipinski definition) is 3. The smallest absolute Gasteiger partial charge is 0.313 e. The van der Waals surface area contributed by atoms with E-state index in [-0.39, 0.29) is 6.61 Å². The first kappa shape index (κ1) is 16.2. The van der Waals surface area contributed by atoms with Gasteiger partial charge < -0.3 is 15.7 Å². The molecule has 0 aliphatic carbocycles. The van der Waals surface area contributed by atoms with Crippen molar-refractivity contribution in [1.29, 1.82) is 0 Å². The number of amides is 2. The molecule has 3 N–H and O–H groups in total. The second kappa shape index (κ2) is 7.65. The lowest BCUT2D eigenvalue weighted by Crippen LogP contribution is -2.43.